The quantitative estimate of drug-likeness (QED) is 0.465. The first-order valence-electron chi connectivity index (χ1n) is 6.56. The van der Waals surface area contributed by atoms with Crippen LogP contribution in [0, 0.1) is 10.1 Å². The number of carbonyl (C=O) groups is 1. The average molecular weight is 284 g/mol. The van der Waals surface area contributed by atoms with E-state index in [4.69, 9.17) is 0 Å². The summed E-state index contributed by atoms with van der Waals surface area (Å²) in [7, 11) is 1.87. The molecule has 108 valence electrons. The predicted molar refractivity (Wildman–Crippen MR) is 80.2 cm³/mol. The number of hydrogen-bond acceptors (Lipinski definition) is 4. The Morgan fingerprint density at radius 1 is 1.10 bits per heavy atom. The molecule has 0 saturated carbocycles. The lowest BCUT2D eigenvalue weighted by Gasteiger charge is -2.15. The van der Waals surface area contributed by atoms with Gasteiger partial charge in [0.2, 0.25) is 0 Å². The SMILES string of the molecule is CN(CC(=O)c1ccc([N+](=O)[O-])cc1)Cc1ccccc1. The van der Waals surface area contributed by atoms with E-state index in [-0.39, 0.29) is 18.0 Å². The number of nitro benzene ring substituents is 1. The molecule has 0 N–H and O–H groups in total. The molecule has 0 aliphatic carbocycles. The van der Waals surface area contributed by atoms with Gasteiger partial charge in [0.1, 0.15) is 0 Å². The van der Waals surface area contributed by atoms with Crippen molar-refractivity contribution in [2.45, 2.75) is 6.54 Å². The zero-order valence-corrected chi connectivity index (χ0v) is 11.7. The van der Waals surface area contributed by atoms with Crippen LogP contribution in [0.5, 0.6) is 0 Å². The molecule has 2 aromatic rings. The molecule has 0 unspecified atom stereocenters. The summed E-state index contributed by atoms with van der Waals surface area (Å²) in [6.45, 7) is 0.951. The summed E-state index contributed by atoms with van der Waals surface area (Å²) < 4.78 is 0. The number of hydrogen-bond donors (Lipinski definition) is 0. The van der Waals surface area contributed by atoms with Gasteiger partial charge in [-0.15, -0.1) is 0 Å². The number of non-ortho nitro benzene ring substituents is 1. The first-order chi connectivity index (χ1) is 10.1. The van der Waals surface area contributed by atoms with Crippen LogP contribution < -0.4 is 0 Å². The highest BCUT2D eigenvalue weighted by Crippen LogP contribution is 2.13. The molecular formula is C16H16N2O3. The molecule has 0 heterocycles. The summed E-state index contributed by atoms with van der Waals surface area (Å²) in [4.78, 5) is 24.1. The van der Waals surface area contributed by atoms with Crippen molar-refractivity contribution in [3.05, 3.63) is 75.8 Å². The summed E-state index contributed by atoms with van der Waals surface area (Å²) in [6.07, 6.45) is 0. The van der Waals surface area contributed by atoms with E-state index in [2.05, 4.69) is 0 Å². The van der Waals surface area contributed by atoms with Gasteiger partial charge < -0.3 is 0 Å². The van der Waals surface area contributed by atoms with Gasteiger partial charge in [0.05, 0.1) is 11.5 Å². The zero-order chi connectivity index (χ0) is 15.2. The van der Waals surface area contributed by atoms with Gasteiger partial charge in [0.25, 0.3) is 5.69 Å². The van der Waals surface area contributed by atoms with Crippen LogP contribution in [0.25, 0.3) is 0 Å². The van der Waals surface area contributed by atoms with Gasteiger partial charge in [-0.1, -0.05) is 30.3 Å². The van der Waals surface area contributed by atoms with E-state index in [9.17, 15) is 14.9 Å². The van der Waals surface area contributed by atoms with Gasteiger partial charge in [-0.25, -0.2) is 0 Å². The fourth-order valence-corrected chi connectivity index (χ4v) is 2.06. The zero-order valence-electron chi connectivity index (χ0n) is 11.7. The monoisotopic (exact) mass is 284 g/mol. The largest absolute Gasteiger partial charge is 0.295 e. The summed E-state index contributed by atoms with van der Waals surface area (Å²) in [5.74, 6) is -0.0525. The number of benzene rings is 2. The number of rotatable bonds is 6. The molecule has 0 spiro atoms. The number of ketones is 1. The van der Waals surface area contributed by atoms with E-state index in [1.165, 1.54) is 24.3 Å². The Balaban J connectivity index is 1.96. The van der Waals surface area contributed by atoms with Gasteiger partial charge in [0.15, 0.2) is 5.78 Å². The Morgan fingerprint density at radius 2 is 1.71 bits per heavy atom. The van der Waals surface area contributed by atoms with E-state index in [1.54, 1.807) is 0 Å². The lowest BCUT2D eigenvalue weighted by Crippen LogP contribution is -2.25. The minimum absolute atomic E-state index is 0.0100. The standard InChI is InChI=1S/C16H16N2O3/c1-17(11-13-5-3-2-4-6-13)12-16(19)14-7-9-15(10-8-14)18(20)21/h2-10H,11-12H2,1H3. The highest BCUT2D eigenvalue weighted by Gasteiger charge is 2.11. The first-order valence-corrected chi connectivity index (χ1v) is 6.56. The van der Waals surface area contributed by atoms with Crippen LogP contribution in [0.2, 0.25) is 0 Å². The van der Waals surface area contributed by atoms with Crippen LogP contribution in [0.1, 0.15) is 15.9 Å². The number of likely N-dealkylation sites (N-methyl/N-ethyl adjacent to an activating group) is 1. The molecule has 2 aromatic carbocycles. The summed E-state index contributed by atoms with van der Waals surface area (Å²) in [5, 5.41) is 10.6. The summed E-state index contributed by atoms with van der Waals surface area (Å²) >= 11 is 0. The van der Waals surface area contributed by atoms with Crippen molar-refractivity contribution in [2.75, 3.05) is 13.6 Å². The smallest absolute Gasteiger partial charge is 0.269 e. The molecule has 0 aliphatic rings. The highest BCUT2D eigenvalue weighted by atomic mass is 16.6. The Kier molecular flexibility index (Phi) is 4.79. The molecule has 0 fully saturated rings. The van der Waals surface area contributed by atoms with Crippen LogP contribution in [-0.4, -0.2) is 29.2 Å². The molecule has 0 aliphatic heterocycles. The van der Waals surface area contributed by atoms with Crippen LogP contribution in [0.15, 0.2) is 54.6 Å². The number of Topliss-reactive ketones (excluding diaryl/α,β-unsaturated/α-hetero) is 1. The van der Waals surface area contributed by atoms with Crippen molar-refractivity contribution in [2.24, 2.45) is 0 Å². The number of nitrogens with zero attached hydrogens (tertiary/aromatic N) is 2. The van der Waals surface area contributed by atoms with Crippen molar-refractivity contribution >= 4 is 11.5 Å². The maximum atomic E-state index is 12.1. The van der Waals surface area contributed by atoms with Gasteiger partial charge >= 0.3 is 0 Å². The third-order valence-electron chi connectivity index (χ3n) is 3.11. The Hall–Kier alpha value is -2.53. The van der Waals surface area contributed by atoms with Crippen molar-refractivity contribution in [3.63, 3.8) is 0 Å². The fourth-order valence-electron chi connectivity index (χ4n) is 2.06. The molecule has 0 bridgehead atoms. The number of nitro groups is 1. The molecule has 5 heteroatoms. The van der Waals surface area contributed by atoms with Crippen molar-refractivity contribution < 1.29 is 9.72 Å². The maximum absolute atomic E-state index is 12.1. The first kappa shape index (κ1) is 14.9. The van der Waals surface area contributed by atoms with Crippen LogP contribution in [0.3, 0.4) is 0 Å². The third kappa shape index (κ3) is 4.22. The van der Waals surface area contributed by atoms with Crippen molar-refractivity contribution in [3.8, 4) is 0 Å². The molecule has 0 saturated heterocycles. The number of carbonyl (C=O) groups excluding carboxylic acids is 1. The molecule has 0 amide bonds. The Bertz CT molecular complexity index is 624. The Morgan fingerprint density at radius 3 is 2.29 bits per heavy atom. The van der Waals surface area contributed by atoms with Gasteiger partial charge in [0, 0.05) is 24.2 Å². The predicted octanol–water partition coefficient (Wildman–Crippen LogP) is 2.91. The maximum Gasteiger partial charge on any atom is 0.269 e. The van der Waals surface area contributed by atoms with Gasteiger partial charge in [-0.2, -0.15) is 0 Å². The van der Waals surface area contributed by atoms with Crippen molar-refractivity contribution in [1.29, 1.82) is 0 Å². The van der Waals surface area contributed by atoms with Gasteiger partial charge in [-0.3, -0.25) is 19.8 Å². The normalized spacial score (nSPS) is 10.6. The second-order valence-electron chi connectivity index (χ2n) is 4.89. The lowest BCUT2D eigenvalue weighted by atomic mass is 10.1. The second kappa shape index (κ2) is 6.76. The van der Waals surface area contributed by atoms with E-state index in [0.29, 0.717) is 12.1 Å². The third-order valence-corrected chi connectivity index (χ3v) is 3.11. The van der Waals surface area contributed by atoms with E-state index in [0.717, 1.165) is 5.56 Å². The van der Waals surface area contributed by atoms with Crippen LogP contribution >= 0.6 is 0 Å². The molecular weight excluding hydrogens is 268 g/mol. The highest BCUT2D eigenvalue weighted by molar-refractivity contribution is 5.97. The summed E-state index contributed by atoms with van der Waals surface area (Å²) in [6, 6.07) is 15.6. The molecule has 21 heavy (non-hydrogen) atoms. The van der Waals surface area contributed by atoms with Gasteiger partial charge in [-0.05, 0) is 24.7 Å². The summed E-state index contributed by atoms with van der Waals surface area (Å²) in [5.41, 5.74) is 1.61. The average Bonchev–Trinajstić information content (AvgIpc) is 2.48. The van der Waals surface area contributed by atoms with E-state index >= 15 is 0 Å². The molecule has 0 atom stereocenters. The van der Waals surface area contributed by atoms with Crippen molar-refractivity contribution in [1.82, 2.24) is 4.90 Å². The van der Waals surface area contributed by atoms with Crippen LogP contribution in [0.4, 0.5) is 5.69 Å². The van der Waals surface area contributed by atoms with E-state index < -0.39 is 4.92 Å². The lowest BCUT2D eigenvalue weighted by molar-refractivity contribution is -0.384. The second-order valence-corrected chi connectivity index (χ2v) is 4.89. The molecule has 0 aromatic heterocycles. The molecule has 5 nitrogen and oxygen atoms in total. The molecule has 2 rings (SSSR count). The fraction of sp³-hybridized carbons (Fsp3) is 0.188. The van der Waals surface area contributed by atoms with Crippen LogP contribution in [-0.2, 0) is 6.54 Å². The minimum atomic E-state index is -0.476. The van der Waals surface area contributed by atoms with E-state index in [1.807, 2.05) is 42.3 Å². The Labute approximate surface area is 123 Å². The topological polar surface area (TPSA) is 63.5 Å². The molecule has 0 radical (unpaired) electrons. The minimum Gasteiger partial charge on any atom is -0.295 e.